The molecule has 2 aliphatic rings. The average Bonchev–Trinajstić information content (AvgIpc) is 3.26. The molecule has 6 nitrogen and oxygen atoms in total. The van der Waals surface area contributed by atoms with E-state index in [1.807, 2.05) is 18.3 Å². The molecule has 1 atom stereocenters. The number of hydrogen-bond donors (Lipinski definition) is 3. The average molecular weight is 390 g/mol. The molecule has 0 saturated carbocycles. The van der Waals surface area contributed by atoms with Crippen LogP contribution in [0.3, 0.4) is 0 Å². The van der Waals surface area contributed by atoms with Crippen LogP contribution < -0.4 is 15.6 Å². The van der Waals surface area contributed by atoms with Crippen LogP contribution in [-0.2, 0) is 6.54 Å². The van der Waals surface area contributed by atoms with E-state index in [2.05, 4.69) is 57.1 Å². The van der Waals surface area contributed by atoms with E-state index in [0.717, 1.165) is 43.7 Å². The smallest absolute Gasteiger partial charge is 0.219 e. The third-order valence-electron chi connectivity index (χ3n) is 5.79. The molecule has 0 bridgehead atoms. The molecule has 6 heteroatoms. The predicted molar refractivity (Wildman–Crippen MR) is 113 cm³/mol. The number of hydrazine groups is 1. The minimum Gasteiger partial charge on any atom is -0.439 e. The topological polar surface area (TPSA) is 69.7 Å². The number of aromatic nitrogens is 1. The minimum absolute atomic E-state index is 0.295. The lowest BCUT2D eigenvalue weighted by molar-refractivity contribution is 0.0479. The van der Waals surface area contributed by atoms with E-state index in [1.165, 1.54) is 16.5 Å². The van der Waals surface area contributed by atoms with Gasteiger partial charge in [-0.05, 0) is 46.5 Å². The van der Waals surface area contributed by atoms with Gasteiger partial charge >= 0.3 is 0 Å². The summed E-state index contributed by atoms with van der Waals surface area (Å²) in [5.74, 6) is 1.84. The Bertz CT molecular complexity index is 980. The van der Waals surface area contributed by atoms with Gasteiger partial charge in [0.2, 0.25) is 5.88 Å². The number of pyridine rings is 1. The summed E-state index contributed by atoms with van der Waals surface area (Å²) in [6.07, 6.45) is 2.94. The second kappa shape index (κ2) is 8.08. The third kappa shape index (κ3) is 4.11. The molecule has 2 aromatic carbocycles. The van der Waals surface area contributed by atoms with Gasteiger partial charge < -0.3 is 9.84 Å². The maximum atomic E-state index is 9.16. The Balaban J connectivity index is 1.25. The highest BCUT2D eigenvalue weighted by Gasteiger charge is 2.25. The first-order valence-corrected chi connectivity index (χ1v) is 10.2. The van der Waals surface area contributed by atoms with E-state index >= 15 is 0 Å². The van der Waals surface area contributed by atoms with Gasteiger partial charge in [-0.3, -0.25) is 15.8 Å². The van der Waals surface area contributed by atoms with Crippen molar-refractivity contribution in [3.8, 4) is 11.6 Å². The molecule has 1 aromatic heterocycles. The molecule has 0 amide bonds. The van der Waals surface area contributed by atoms with Crippen molar-refractivity contribution in [2.24, 2.45) is 5.92 Å². The molecule has 2 aliphatic heterocycles. The SMILES string of the molecule is OCC1CN(Cc2ccc3cc(Oc4ccc(C5CCNN5)cn4)ccc3c2)C1. The van der Waals surface area contributed by atoms with E-state index in [-0.39, 0.29) is 0 Å². The molecular weight excluding hydrogens is 364 g/mol. The van der Waals surface area contributed by atoms with Crippen molar-refractivity contribution in [3.05, 3.63) is 65.9 Å². The third-order valence-corrected chi connectivity index (χ3v) is 5.79. The fourth-order valence-corrected chi connectivity index (χ4v) is 4.13. The first-order valence-electron chi connectivity index (χ1n) is 10.2. The molecule has 3 N–H and O–H groups in total. The molecule has 3 heterocycles. The first-order chi connectivity index (χ1) is 14.3. The zero-order valence-corrected chi connectivity index (χ0v) is 16.3. The Morgan fingerprint density at radius 2 is 1.93 bits per heavy atom. The standard InChI is InChI=1S/C23H26N4O2/c28-15-17-13-27(14-17)12-16-1-2-19-10-21(5-3-18(19)9-16)29-23-6-4-20(11-24-23)22-7-8-25-26-22/h1-6,9-11,17,22,25-26,28H,7-8,12-15H2. The summed E-state index contributed by atoms with van der Waals surface area (Å²) in [5, 5.41) is 11.5. The highest BCUT2D eigenvalue weighted by molar-refractivity contribution is 5.84. The van der Waals surface area contributed by atoms with Gasteiger partial charge in [0, 0.05) is 57.0 Å². The maximum Gasteiger partial charge on any atom is 0.219 e. The van der Waals surface area contributed by atoms with E-state index in [9.17, 15) is 0 Å². The Morgan fingerprint density at radius 3 is 2.69 bits per heavy atom. The van der Waals surface area contributed by atoms with Crippen LogP contribution in [-0.4, -0.2) is 41.2 Å². The van der Waals surface area contributed by atoms with Crippen molar-refractivity contribution >= 4 is 10.8 Å². The van der Waals surface area contributed by atoms with Crippen molar-refractivity contribution in [2.75, 3.05) is 26.2 Å². The predicted octanol–water partition coefficient (Wildman–Crippen LogP) is 2.99. The number of likely N-dealkylation sites (tertiary alicyclic amines) is 1. The fraction of sp³-hybridized carbons (Fsp3) is 0.348. The minimum atomic E-state index is 0.295. The molecule has 0 aliphatic carbocycles. The summed E-state index contributed by atoms with van der Waals surface area (Å²) in [6.45, 7) is 4.18. The summed E-state index contributed by atoms with van der Waals surface area (Å²) in [6, 6.07) is 17.0. The summed E-state index contributed by atoms with van der Waals surface area (Å²) >= 11 is 0. The van der Waals surface area contributed by atoms with Crippen LogP contribution in [0.25, 0.3) is 10.8 Å². The Kier molecular flexibility index (Phi) is 5.16. The highest BCUT2D eigenvalue weighted by atomic mass is 16.5. The van der Waals surface area contributed by atoms with E-state index in [4.69, 9.17) is 9.84 Å². The molecule has 5 rings (SSSR count). The molecule has 150 valence electrons. The fourth-order valence-electron chi connectivity index (χ4n) is 4.13. The maximum absolute atomic E-state index is 9.16. The molecule has 1 unspecified atom stereocenters. The molecule has 2 fully saturated rings. The number of aliphatic hydroxyl groups excluding tert-OH is 1. The summed E-state index contributed by atoms with van der Waals surface area (Å²) < 4.78 is 5.97. The second-order valence-corrected chi connectivity index (χ2v) is 8.03. The summed E-state index contributed by atoms with van der Waals surface area (Å²) in [5.41, 5.74) is 8.86. The van der Waals surface area contributed by atoms with Gasteiger partial charge in [-0.1, -0.05) is 24.3 Å². The van der Waals surface area contributed by atoms with Crippen molar-refractivity contribution < 1.29 is 9.84 Å². The number of ether oxygens (including phenoxy) is 1. The van der Waals surface area contributed by atoms with Gasteiger partial charge in [-0.25, -0.2) is 4.98 Å². The monoisotopic (exact) mass is 390 g/mol. The van der Waals surface area contributed by atoms with Crippen LogP contribution in [0.1, 0.15) is 23.6 Å². The van der Waals surface area contributed by atoms with E-state index in [1.54, 1.807) is 0 Å². The van der Waals surface area contributed by atoms with Gasteiger partial charge in [0.1, 0.15) is 5.75 Å². The van der Waals surface area contributed by atoms with Crippen LogP contribution in [0, 0.1) is 5.92 Å². The van der Waals surface area contributed by atoms with Crippen LogP contribution in [0.5, 0.6) is 11.6 Å². The van der Waals surface area contributed by atoms with Gasteiger partial charge in [0.25, 0.3) is 0 Å². The summed E-state index contributed by atoms with van der Waals surface area (Å²) in [7, 11) is 0. The van der Waals surface area contributed by atoms with Gasteiger partial charge in [-0.2, -0.15) is 0 Å². The normalized spacial score (nSPS) is 20.1. The molecular formula is C23H26N4O2. The zero-order chi connectivity index (χ0) is 19.6. The lowest BCUT2D eigenvalue weighted by Gasteiger charge is -2.38. The number of rotatable bonds is 6. The van der Waals surface area contributed by atoms with E-state index in [0.29, 0.717) is 24.4 Å². The molecule has 0 radical (unpaired) electrons. The van der Waals surface area contributed by atoms with E-state index < -0.39 is 0 Å². The van der Waals surface area contributed by atoms with Gasteiger partial charge in [0.05, 0.1) is 0 Å². The Hall–Kier alpha value is -2.51. The highest BCUT2D eigenvalue weighted by Crippen LogP contribution is 2.27. The van der Waals surface area contributed by atoms with Crippen LogP contribution in [0.15, 0.2) is 54.7 Å². The van der Waals surface area contributed by atoms with Crippen molar-refractivity contribution in [1.29, 1.82) is 0 Å². The number of nitrogens with one attached hydrogen (secondary N) is 2. The number of nitrogens with zero attached hydrogens (tertiary/aromatic N) is 2. The quantitative estimate of drug-likeness (QED) is 0.601. The number of aliphatic hydroxyl groups is 1. The van der Waals surface area contributed by atoms with Gasteiger partial charge in [0.15, 0.2) is 0 Å². The number of fused-ring (bicyclic) bond motifs is 1. The second-order valence-electron chi connectivity index (χ2n) is 8.03. The molecule has 0 spiro atoms. The van der Waals surface area contributed by atoms with Crippen molar-refractivity contribution in [1.82, 2.24) is 20.7 Å². The Labute approximate surface area is 170 Å². The summed E-state index contributed by atoms with van der Waals surface area (Å²) in [4.78, 5) is 6.83. The van der Waals surface area contributed by atoms with Crippen molar-refractivity contribution in [3.63, 3.8) is 0 Å². The zero-order valence-electron chi connectivity index (χ0n) is 16.3. The molecule has 2 saturated heterocycles. The lowest BCUT2D eigenvalue weighted by Crippen LogP contribution is -2.47. The van der Waals surface area contributed by atoms with Gasteiger partial charge in [-0.15, -0.1) is 0 Å². The Morgan fingerprint density at radius 1 is 1.07 bits per heavy atom. The van der Waals surface area contributed by atoms with Crippen LogP contribution in [0.4, 0.5) is 0 Å². The molecule has 29 heavy (non-hydrogen) atoms. The number of benzene rings is 2. The first kappa shape index (κ1) is 18.5. The largest absolute Gasteiger partial charge is 0.439 e. The van der Waals surface area contributed by atoms with Crippen LogP contribution >= 0.6 is 0 Å². The van der Waals surface area contributed by atoms with Crippen molar-refractivity contribution in [2.45, 2.75) is 19.0 Å². The number of hydrogen-bond acceptors (Lipinski definition) is 6. The van der Waals surface area contributed by atoms with Crippen LogP contribution in [0.2, 0.25) is 0 Å². The lowest BCUT2D eigenvalue weighted by atomic mass is 9.99. The molecule has 3 aromatic rings.